The van der Waals surface area contributed by atoms with Crippen molar-refractivity contribution in [3.63, 3.8) is 0 Å². The third-order valence-electron chi connectivity index (χ3n) is 5.57. The zero-order valence-electron chi connectivity index (χ0n) is 22.3. The van der Waals surface area contributed by atoms with E-state index >= 15 is 0 Å². The van der Waals surface area contributed by atoms with E-state index in [1.54, 1.807) is 29.9 Å². The van der Waals surface area contributed by atoms with Gasteiger partial charge < -0.3 is 20.5 Å². The lowest BCUT2D eigenvalue weighted by atomic mass is 10.0. The predicted molar refractivity (Wildman–Crippen MR) is 145 cm³/mol. The topological polar surface area (TPSA) is 126 Å². The van der Waals surface area contributed by atoms with Crippen LogP contribution in [-0.2, 0) is 7.05 Å². The highest BCUT2D eigenvalue weighted by Crippen LogP contribution is 2.28. The number of hydrogen-bond acceptors (Lipinski definition) is 7. The molecule has 0 spiro atoms. The van der Waals surface area contributed by atoms with E-state index < -0.39 is 5.91 Å². The van der Waals surface area contributed by atoms with E-state index in [4.69, 9.17) is 10.7 Å². The van der Waals surface area contributed by atoms with Gasteiger partial charge >= 0.3 is 0 Å². The number of likely N-dealkylation sites (tertiary alicyclic amines) is 1. The maximum atomic E-state index is 12.2. The van der Waals surface area contributed by atoms with Crippen LogP contribution in [0.4, 0.5) is 5.82 Å². The van der Waals surface area contributed by atoms with E-state index in [1.165, 1.54) is 12.7 Å². The van der Waals surface area contributed by atoms with Crippen molar-refractivity contribution in [1.82, 2.24) is 24.4 Å². The summed E-state index contributed by atoms with van der Waals surface area (Å²) in [7, 11) is 1.78. The van der Waals surface area contributed by atoms with E-state index in [0.717, 1.165) is 31.6 Å². The van der Waals surface area contributed by atoms with Crippen molar-refractivity contribution in [1.29, 1.82) is 5.26 Å². The molecule has 1 aliphatic rings. The maximum absolute atomic E-state index is 12.2. The molecule has 36 heavy (non-hydrogen) atoms. The number of aromatic nitrogens is 4. The van der Waals surface area contributed by atoms with Crippen molar-refractivity contribution in [3.8, 4) is 17.3 Å². The molecule has 1 saturated heterocycles. The quantitative estimate of drug-likeness (QED) is 0.523. The van der Waals surface area contributed by atoms with Gasteiger partial charge in [-0.05, 0) is 31.9 Å². The van der Waals surface area contributed by atoms with Crippen LogP contribution in [-0.4, -0.2) is 49.5 Å². The minimum absolute atomic E-state index is 0.160. The second-order valence-electron chi connectivity index (χ2n) is 8.55. The smallest absolute Gasteiger partial charge is 0.251 e. The molecule has 192 valence electrons. The number of primary amides is 1. The highest BCUT2D eigenvalue weighted by molar-refractivity contribution is 6.06. The van der Waals surface area contributed by atoms with Crippen LogP contribution in [0.2, 0.25) is 0 Å². The number of allylic oxidation sites excluding steroid dienone is 1. The van der Waals surface area contributed by atoms with Gasteiger partial charge in [-0.15, -0.1) is 0 Å². The molecule has 1 aliphatic heterocycles. The lowest BCUT2D eigenvalue weighted by molar-refractivity contribution is 0.100. The van der Waals surface area contributed by atoms with Crippen molar-refractivity contribution in [3.05, 3.63) is 48.2 Å². The van der Waals surface area contributed by atoms with Gasteiger partial charge in [0.15, 0.2) is 5.82 Å². The lowest BCUT2D eigenvalue weighted by Gasteiger charge is -2.35. The fourth-order valence-corrected chi connectivity index (χ4v) is 3.93. The summed E-state index contributed by atoms with van der Waals surface area (Å²) in [6.07, 6.45) is 6.48. The fourth-order valence-electron chi connectivity index (χ4n) is 3.93. The Morgan fingerprint density at radius 2 is 1.97 bits per heavy atom. The number of pyridine rings is 1. The summed E-state index contributed by atoms with van der Waals surface area (Å²) in [5.41, 5.74) is 9.56. The van der Waals surface area contributed by atoms with Crippen LogP contribution in [0.3, 0.4) is 0 Å². The molecule has 4 heterocycles. The number of nitrogens with one attached hydrogen (secondary N) is 1. The molecule has 3 aromatic heterocycles. The minimum atomic E-state index is -0.596. The monoisotopic (exact) mass is 490 g/mol. The van der Waals surface area contributed by atoms with Crippen molar-refractivity contribution < 1.29 is 4.79 Å². The number of hydrogen-bond donors (Lipinski definition) is 2. The SMILES string of the molecule is C=C(C)N1CCCC(Nc2ncnc3c(C(N)=O)cc(-c4cc(C#N)n(C)c4)nc23)C1.CC.CCC. The number of carbonyl (C=O) groups excluding carboxylic acids is 1. The largest absolute Gasteiger partial charge is 0.373 e. The van der Waals surface area contributed by atoms with Gasteiger partial charge in [-0.25, -0.2) is 15.0 Å². The number of rotatable bonds is 5. The number of anilines is 1. The Balaban J connectivity index is 0.000000850. The summed E-state index contributed by atoms with van der Waals surface area (Å²) in [5, 5.41) is 12.7. The van der Waals surface area contributed by atoms with Crippen molar-refractivity contribution in [2.45, 2.75) is 59.9 Å². The van der Waals surface area contributed by atoms with Crippen LogP contribution in [0.25, 0.3) is 22.3 Å². The average molecular weight is 491 g/mol. The Bertz CT molecular complexity index is 1240. The number of piperidine rings is 1. The first kappa shape index (κ1) is 28.3. The second-order valence-corrected chi connectivity index (χ2v) is 8.55. The first-order valence-electron chi connectivity index (χ1n) is 12.5. The summed E-state index contributed by atoms with van der Waals surface area (Å²) in [5.74, 6) is -0.0415. The Morgan fingerprint density at radius 3 is 2.56 bits per heavy atom. The van der Waals surface area contributed by atoms with Crippen LogP contribution in [0.15, 0.2) is 36.9 Å². The molecule has 1 fully saturated rings. The molecule has 0 saturated carbocycles. The van der Waals surface area contributed by atoms with E-state index in [1.807, 2.05) is 20.8 Å². The number of nitrogens with zero attached hydrogens (tertiary/aromatic N) is 6. The molecule has 3 N–H and O–H groups in total. The van der Waals surface area contributed by atoms with Crippen molar-refractivity contribution in [2.75, 3.05) is 18.4 Å². The van der Waals surface area contributed by atoms with E-state index in [2.05, 4.69) is 46.7 Å². The van der Waals surface area contributed by atoms with Gasteiger partial charge in [0, 0.05) is 43.6 Å². The molecular formula is C27H38N8O. The predicted octanol–water partition coefficient (Wildman–Crippen LogP) is 4.85. The molecule has 0 aliphatic carbocycles. The van der Waals surface area contributed by atoms with E-state index in [-0.39, 0.29) is 11.6 Å². The van der Waals surface area contributed by atoms with Crippen LogP contribution >= 0.6 is 0 Å². The van der Waals surface area contributed by atoms with Gasteiger partial charge in [-0.2, -0.15) is 5.26 Å². The van der Waals surface area contributed by atoms with Gasteiger partial charge in [-0.1, -0.05) is 40.7 Å². The standard InChI is InChI=1S/C22H24N8O.C3H8.C2H6/c1-13(2)30-6-4-5-15(11-30)27-22-20-19(25-12-26-22)17(21(24)31)8-18(28-20)14-7-16(9-23)29(3)10-14;1-3-2;1-2/h7-8,10,12,15H,1,4-6,11H2,2-3H3,(H2,24,31)(H,25,26,27);3H2,1-2H3;1-2H3. The Hall–Kier alpha value is -3.93. The summed E-state index contributed by atoms with van der Waals surface area (Å²) in [6.45, 7) is 16.1. The third kappa shape index (κ3) is 6.60. The van der Waals surface area contributed by atoms with Crippen molar-refractivity contribution in [2.24, 2.45) is 12.8 Å². The Morgan fingerprint density at radius 1 is 1.28 bits per heavy atom. The summed E-state index contributed by atoms with van der Waals surface area (Å²) < 4.78 is 1.71. The summed E-state index contributed by atoms with van der Waals surface area (Å²) in [6, 6.07) is 5.63. The zero-order valence-corrected chi connectivity index (χ0v) is 22.3. The minimum Gasteiger partial charge on any atom is -0.373 e. The molecule has 9 nitrogen and oxygen atoms in total. The number of carbonyl (C=O) groups is 1. The van der Waals surface area contributed by atoms with Gasteiger partial charge in [0.1, 0.15) is 29.1 Å². The van der Waals surface area contributed by atoms with Crippen LogP contribution in [0.5, 0.6) is 0 Å². The van der Waals surface area contributed by atoms with Crippen LogP contribution in [0, 0.1) is 11.3 Å². The van der Waals surface area contributed by atoms with Crippen LogP contribution in [0.1, 0.15) is 69.9 Å². The van der Waals surface area contributed by atoms with Gasteiger partial charge in [-0.3, -0.25) is 4.79 Å². The first-order valence-corrected chi connectivity index (χ1v) is 12.5. The molecule has 1 amide bonds. The van der Waals surface area contributed by atoms with Crippen LogP contribution < -0.4 is 11.1 Å². The summed E-state index contributed by atoms with van der Waals surface area (Å²) in [4.78, 5) is 27.9. The molecule has 4 rings (SSSR count). The highest BCUT2D eigenvalue weighted by Gasteiger charge is 2.22. The van der Waals surface area contributed by atoms with Gasteiger partial charge in [0.25, 0.3) is 5.91 Å². The average Bonchev–Trinajstić information content (AvgIpc) is 3.26. The fraction of sp³-hybridized carbons (Fsp3) is 0.444. The molecular weight excluding hydrogens is 452 g/mol. The number of nitrogens with two attached hydrogens (primary N) is 1. The molecule has 0 aromatic carbocycles. The maximum Gasteiger partial charge on any atom is 0.251 e. The number of nitriles is 1. The number of fused-ring (bicyclic) bond motifs is 1. The van der Waals surface area contributed by atoms with Gasteiger partial charge in [0.2, 0.25) is 0 Å². The Labute approximate surface area is 214 Å². The molecule has 3 aromatic rings. The molecule has 0 radical (unpaired) electrons. The van der Waals surface area contributed by atoms with Gasteiger partial charge in [0.05, 0.1) is 11.3 Å². The second kappa shape index (κ2) is 13.2. The lowest BCUT2D eigenvalue weighted by Crippen LogP contribution is -2.41. The first-order chi connectivity index (χ1) is 17.3. The third-order valence-corrected chi connectivity index (χ3v) is 5.57. The molecule has 9 heteroatoms. The highest BCUT2D eigenvalue weighted by atomic mass is 16.1. The van der Waals surface area contributed by atoms with Crippen molar-refractivity contribution >= 4 is 22.8 Å². The normalized spacial score (nSPS) is 14.6. The van der Waals surface area contributed by atoms with E-state index in [0.29, 0.717) is 33.8 Å². The zero-order chi connectivity index (χ0) is 26.8. The number of amides is 1. The Kier molecular flexibility index (Phi) is 10.4. The summed E-state index contributed by atoms with van der Waals surface area (Å²) >= 11 is 0. The molecule has 1 unspecified atom stereocenters. The molecule has 1 atom stereocenters. The number of aryl methyl sites for hydroxylation is 1. The van der Waals surface area contributed by atoms with E-state index in [9.17, 15) is 10.1 Å². The molecule has 0 bridgehead atoms.